The van der Waals surface area contributed by atoms with Crippen LogP contribution in [0, 0.1) is 11.8 Å². The summed E-state index contributed by atoms with van der Waals surface area (Å²) < 4.78 is 0. The lowest BCUT2D eigenvalue weighted by Crippen LogP contribution is -2.21. The number of rotatable bonds is 1. The Morgan fingerprint density at radius 1 is 1.88 bits per heavy atom. The van der Waals surface area contributed by atoms with E-state index in [2.05, 4.69) is 29.4 Å². The molecule has 2 nitrogen and oxygen atoms in total. The zero-order valence-electron chi connectivity index (χ0n) is 4.62. The first-order chi connectivity index (χ1) is 3.77. The largest absolute Gasteiger partial charge is 0.350 e. The Hall–Kier alpha value is -0.750. The molecule has 0 atom stereocenters. The van der Waals surface area contributed by atoms with Gasteiger partial charge in [0, 0.05) is 0 Å². The molecule has 0 spiro atoms. The Bertz CT molecular complexity index is 131. The maximum Gasteiger partial charge on any atom is 0.185 e. The summed E-state index contributed by atoms with van der Waals surface area (Å²) in [5, 5.41) is 2.62. The zero-order valence-corrected chi connectivity index (χ0v) is 5.43. The summed E-state index contributed by atoms with van der Waals surface area (Å²) in [5.41, 5.74) is 6.71. The third kappa shape index (κ3) is 5.25. The van der Waals surface area contributed by atoms with E-state index >= 15 is 0 Å². The average molecular weight is 127 g/mol. The number of thiocarbonyl (C=S) groups is 1. The first-order valence-electron chi connectivity index (χ1n) is 2.16. The molecule has 0 aliphatic heterocycles. The summed E-state index contributed by atoms with van der Waals surface area (Å²) in [5.74, 6) is 5.38. The lowest BCUT2D eigenvalue weighted by molar-refractivity contribution is 1.07. The predicted octanol–water partition coefficient (Wildman–Crippen LogP) is 0.167. The molecule has 3 heteroatoms. The number of hydrogen-bond acceptors (Lipinski definition) is 1. The van der Waals surface area contributed by atoms with Gasteiger partial charge in [0.1, 0.15) is 0 Å². The van der Waals surface area contributed by atoms with Crippen molar-refractivity contribution in [1.82, 2.24) is 11.1 Å². The normalized spacial score (nSPS) is 6.62. The number of hydrogen-bond donors (Lipinski definition) is 1. The van der Waals surface area contributed by atoms with Crippen molar-refractivity contribution in [1.29, 1.82) is 0 Å². The van der Waals surface area contributed by atoms with Crippen molar-refractivity contribution in [2.24, 2.45) is 0 Å². The second-order valence-corrected chi connectivity index (χ2v) is 1.52. The van der Waals surface area contributed by atoms with E-state index < -0.39 is 0 Å². The molecule has 0 saturated heterocycles. The first kappa shape index (κ1) is 7.25. The molecule has 0 saturated carbocycles. The smallest absolute Gasteiger partial charge is 0.185 e. The molecule has 0 aromatic heterocycles. The Kier molecular flexibility index (Phi) is 4.00. The minimum Gasteiger partial charge on any atom is -0.350 e. The molecule has 0 unspecified atom stereocenters. The highest BCUT2D eigenvalue weighted by Gasteiger charge is 1.78. The molecule has 0 amide bonds. The van der Waals surface area contributed by atoms with E-state index in [1.54, 1.807) is 6.92 Å². The van der Waals surface area contributed by atoms with Gasteiger partial charge in [-0.3, -0.25) is 5.73 Å². The summed E-state index contributed by atoms with van der Waals surface area (Å²) in [6, 6.07) is 0. The van der Waals surface area contributed by atoms with E-state index in [-0.39, 0.29) is 5.11 Å². The van der Waals surface area contributed by atoms with E-state index in [9.17, 15) is 0 Å². The fourth-order valence-electron chi connectivity index (χ4n) is 0.213. The van der Waals surface area contributed by atoms with Gasteiger partial charge < -0.3 is 5.32 Å². The SMILES string of the molecule is CC#CCNC([NH])=S. The maximum atomic E-state index is 6.71. The summed E-state index contributed by atoms with van der Waals surface area (Å²) in [4.78, 5) is 0. The van der Waals surface area contributed by atoms with E-state index in [4.69, 9.17) is 5.73 Å². The molecular weight excluding hydrogens is 120 g/mol. The van der Waals surface area contributed by atoms with E-state index in [1.165, 1.54) is 0 Å². The van der Waals surface area contributed by atoms with Crippen LogP contribution in [-0.2, 0) is 0 Å². The highest BCUT2D eigenvalue weighted by atomic mass is 32.1. The third-order valence-corrected chi connectivity index (χ3v) is 0.658. The van der Waals surface area contributed by atoms with Crippen molar-refractivity contribution in [3.05, 3.63) is 0 Å². The van der Waals surface area contributed by atoms with Crippen LogP contribution in [0.2, 0.25) is 0 Å². The molecular formula is C5H7N2S. The standard InChI is InChI=1S/C5H7N2S/c1-2-3-4-7-5(6)8/h6H,4H2,1H3,(H,7,8). The van der Waals surface area contributed by atoms with E-state index in [1.807, 2.05) is 0 Å². The van der Waals surface area contributed by atoms with Gasteiger partial charge in [-0.1, -0.05) is 5.92 Å². The Morgan fingerprint density at radius 2 is 2.50 bits per heavy atom. The van der Waals surface area contributed by atoms with Gasteiger partial charge in [-0.15, -0.1) is 5.92 Å². The van der Waals surface area contributed by atoms with Crippen LogP contribution in [-0.4, -0.2) is 11.7 Å². The highest BCUT2D eigenvalue weighted by Crippen LogP contribution is 1.58. The highest BCUT2D eigenvalue weighted by molar-refractivity contribution is 7.80. The monoisotopic (exact) mass is 127 g/mol. The lowest BCUT2D eigenvalue weighted by Gasteiger charge is -1.91. The molecule has 0 aliphatic rings. The van der Waals surface area contributed by atoms with E-state index in [0.29, 0.717) is 6.54 Å². The van der Waals surface area contributed by atoms with Crippen molar-refractivity contribution < 1.29 is 0 Å². The Labute approximate surface area is 54.4 Å². The van der Waals surface area contributed by atoms with Crippen LogP contribution in [0.25, 0.3) is 0 Å². The zero-order chi connectivity index (χ0) is 6.41. The van der Waals surface area contributed by atoms with Gasteiger partial charge in [0.15, 0.2) is 5.11 Å². The molecule has 8 heavy (non-hydrogen) atoms. The quantitative estimate of drug-likeness (QED) is 0.402. The first-order valence-corrected chi connectivity index (χ1v) is 2.57. The van der Waals surface area contributed by atoms with Crippen LogP contribution < -0.4 is 11.1 Å². The van der Waals surface area contributed by atoms with Crippen LogP contribution >= 0.6 is 12.2 Å². The minimum absolute atomic E-state index is 0.0488. The van der Waals surface area contributed by atoms with Crippen LogP contribution in [0.5, 0.6) is 0 Å². The van der Waals surface area contributed by atoms with Gasteiger partial charge in [0.05, 0.1) is 6.54 Å². The van der Waals surface area contributed by atoms with Gasteiger partial charge in [-0.05, 0) is 19.1 Å². The summed E-state index contributed by atoms with van der Waals surface area (Å²) in [7, 11) is 0. The van der Waals surface area contributed by atoms with Crippen molar-refractivity contribution in [2.45, 2.75) is 6.92 Å². The topological polar surface area (TPSA) is 35.8 Å². The third-order valence-electron chi connectivity index (χ3n) is 0.514. The molecule has 1 radical (unpaired) electrons. The average Bonchev–Trinajstić information content (AvgIpc) is 1.66. The number of nitrogens with one attached hydrogen (secondary N) is 2. The molecule has 0 rings (SSSR count). The minimum atomic E-state index is 0.0488. The van der Waals surface area contributed by atoms with Crippen LogP contribution in [0.15, 0.2) is 0 Å². The second-order valence-electron chi connectivity index (χ2n) is 1.11. The van der Waals surface area contributed by atoms with Crippen molar-refractivity contribution >= 4 is 17.3 Å². The fraction of sp³-hybridized carbons (Fsp3) is 0.400. The second kappa shape index (κ2) is 4.41. The van der Waals surface area contributed by atoms with Crippen LogP contribution in [0.3, 0.4) is 0 Å². The van der Waals surface area contributed by atoms with Crippen molar-refractivity contribution in [3.63, 3.8) is 0 Å². The summed E-state index contributed by atoms with van der Waals surface area (Å²) in [6.07, 6.45) is 0. The molecule has 0 bridgehead atoms. The lowest BCUT2D eigenvalue weighted by atomic mass is 10.6. The van der Waals surface area contributed by atoms with Gasteiger partial charge in [-0.25, -0.2) is 0 Å². The Morgan fingerprint density at radius 3 is 2.88 bits per heavy atom. The van der Waals surface area contributed by atoms with Gasteiger partial charge in [0.2, 0.25) is 0 Å². The Balaban J connectivity index is 3.14. The maximum absolute atomic E-state index is 6.71. The van der Waals surface area contributed by atoms with Gasteiger partial charge in [0.25, 0.3) is 0 Å². The van der Waals surface area contributed by atoms with Gasteiger partial charge >= 0.3 is 0 Å². The molecule has 43 valence electrons. The molecule has 0 aliphatic carbocycles. The molecule has 0 heterocycles. The molecule has 0 aromatic rings. The molecule has 0 aromatic carbocycles. The van der Waals surface area contributed by atoms with Crippen LogP contribution in [0.1, 0.15) is 6.92 Å². The van der Waals surface area contributed by atoms with Crippen LogP contribution in [0.4, 0.5) is 0 Å². The predicted molar refractivity (Wildman–Crippen MR) is 37.1 cm³/mol. The van der Waals surface area contributed by atoms with Crippen molar-refractivity contribution in [2.75, 3.05) is 6.54 Å². The van der Waals surface area contributed by atoms with E-state index in [0.717, 1.165) is 0 Å². The van der Waals surface area contributed by atoms with Gasteiger partial charge in [-0.2, -0.15) is 0 Å². The molecule has 2 N–H and O–H groups in total. The summed E-state index contributed by atoms with van der Waals surface area (Å²) >= 11 is 4.40. The fourth-order valence-corrected chi connectivity index (χ4v) is 0.285. The molecule has 0 fully saturated rings. The van der Waals surface area contributed by atoms with Crippen molar-refractivity contribution in [3.8, 4) is 11.8 Å². The summed E-state index contributed by atoms with van der Waals surface area (Å²) in [6.45, 7) is 2.23.